The van der Waals surface area contributed by atoms with Gasteiger partial charge in [-0.2, -0.15) is 0 Å². The molecule has 0 saturated carbocycles. The average molecular weight is 244 g/mol. The van der Waals surface area contributed by atoms with Gasteiger partial charge in [-0.25, -0.2) is 0 Å². The average Bonchev–Trinajstić information content (AvgIpc) is 2.63. The minimum absolute atomic E-state index is 0.222. The van der Waals surface area contributed by atoms with E-state index >= 15 is 0 Å². The fourth-order valence-corrected chi connectivity index (χ4v) is 1.93. The molecule has 0 atom stereocenters. The van der Waals surface area contributed by atoms with Crippen molar-refractivity contribution in [2.45, 2.75) is 13.8 Å². The van der Waals surface area contributed by atoms with E-state index in [-0.39, 0.29) is 11.8 Å². The zero-order chi connectivity index (χ0) is 13.3. The van der Waals surface area contributed by atoms with Crippen LogP contribution in [0.4, 0.5) is 0 Å². The van der Waals surface area contributed by atoms with Crippen LogP contribution in [-0.4, -0.2) is 29.8 Å². The number of nitrogens with zero attached hydrogens (tertiary/aromatic N) is 1. The molecule has 4 heteroatoms. The lowest BCUT2D eigenvalue weighted by molar-refractivity contribution is 0.0667. The lowest BCUT2D eigenvalue weighted by atomic mass is 10.1. The van der Waals surface area contributed by atoms with Crippen LogP contribution in [0.1, 0.15) is 34.6 Å². The van der Waals surface area contributed by atoms with E-state index in [1.165, 1.54) is 4.90 Å². The van der Waals surface area contributed by atoms with Crippen LogP contribution < -0.4 is 5.73 Å². The van der Waals surface area contributed by atoms with Crippen LogP contribution in [0.3, 0.4) is 0 Å². The van der Waals surface area contributed by atoms with Gasteiger partial charge < -0.3 is 5.73 Å². The van der Waals surface area contributed by atoms with Crippen LogP contribution in [0.15, 0.2) is 35.4 Å². The number of imide groups is 1. The number of rotatable bonds is 3. The van der Waals surface area contributed by atoms with Gasteiger partial charge in [0.15, 0.2) is 0 Å². The minimum atomic E-state index is -0.222. The van der Waals surface area contributed by atoms with Gasteiger partial charge in [0, 0.05) is 6.54 Å². The highest BCUT2D eigenvalue weighted by Gasteiger charge is 2.34. The second-order valence-corrected chi connectivity index (χ2v) is 4.51. The molecule has 1 aromatic rings. The van der Waals surface area contributed by atoms with Gasteiger partial charge in [-0.1, -0.05) is 23.3 Å². The Morgan fingerprint density at radius 3 is 2.00 bits per heavy atom. The summed E-state index contributed by atoms with van der Waals surface area (Å²) >= 11 is 0. The molecule has 18 heavy (non-hydrogen) atoms. The third-order valence-electron chi connectivity index (χ3n) is 3.31. The van der Waals surface area contributed by atoms with Crippen LogP contribution in [0.5, 0.6) is 0 Å². The predicted octanol–water partition coefficient (Wildman–Crippen LogP) is 1.58. The topological polar surface area (TPSA) is 63.4 Å². The summed E-state index contributed by atoms with van der Waals surface area (Å²) in [4.78, 5) is 25.5. The molecule has 0 fully saturated rings. The summed E-state index contributed by atoms with van der Waals surface area (Å²) in [6, 6.07) is 6.90. The maximum absolute atomic E-state index is 12.1. The van der Waals surface area contributed by atoms with Crippen molar-refractivity contribution < 1.29 is 9.59 Å². The monoisotopic (exact) mass is 244 g/mol. The fourth-order valence-electron chi connectivity index (χ4n) is 1.93. The van der Waals surface area contributed by atoms with Crippen molar-refractivity contribution in [1.29, 1.82) is 0 Å². The Labute approximate surface area is 106 Å². The van der Waals surface area contributed by atoms with Gasteiger partial charge in [-0.3, -0.25) is 14.5 Å². The van der Waals surface area contributed by atoms with Crippen LogP contribution in [0.25, 0.3) is 0 Å². The zero-order valence-electron chi connectivity index (χ0n) is 10.6. The van der Waals surface area contributed by atoms with Crippen molar-refractivity contribution in [1.82, 2.24) is 4.90 Å². The first-order valence-corrected chi connectivity index (χ1v) is 5.86. The summed E-state index contributed by atoms with van der Waals surface area (Å²) in [7, 11) is 0. The van der Waals surface area contributed by atoms with E-state index in [0.717, 1.165) is 11.1 Å². The van der Waals surface area contributed by atoms with Crippen LogP contribution in [-0.2, 0) is 0 Å². The number of benzene rings is 1. The highest BCUT2D eigenvalue weighted by Crippen LogP contribution is 2.23. The van der Waals surface area contributed by atoms with Crippen molar-refractivity contribution >= 4 is 11.8 Å². The van der Waals surface area contributed by atoms with E-state index in [1.807, 2.05) is 13.8 Å². The zero-order valence-corrected chi connectivity index (χ0v) is 10.6. The molecule has 2 N–H and O–H groups in total. The highest BCUT2D eigenvalue weighted by molar-refractivity contribution is 6.21. The summed E-state index contributed by atoms with van der Waals surface area (Å²) in [5.41, 5.74) is 8.50. The molecule has 2 rings (SSSR count). The molecule has 0 spiro atoms. The van der Waals surface area contributed by atoms with Crippen molar-refractivity contribution in [2.24, 2.45) is 5.73 Å². The molecular weight excluding hydrogens is 228 g/mol. The fraction of sp³-hybridized carbons (Fsp3) is 0.286. The van der Waals surface area contributed by atoms with Crippen molar-refractivity contribution in [3.05, 3.63) is 46.5 Å². The molecule has 0 radical (unpaired) electrons. The summed E-state index contributed by atoms with van der Waals surface area (Å²) in [5.74, 6) is -0.445. The molecule has 0 saturated heterocycles. The van der Waals surface area contributed by atoms with E-state index in [9.17, 15) is 9.59 Å². The molecule has 0 aliphatic carbocycles. The molecular formula is C14H16N2O2. The summed E-state index contributed by atoms with van der Waals surface area (Å²) in [5, 5.41) is 0. The van der Waals surface area contributed by atoms with Crippen LogP contribution >= 0.6 is 0 Å². The predicted molar refractivity (Wildman–Crippen MR) is 69.2 cm³/mol. The largest absolute Gasteiger partial charge is 0.327 e. The van der Waals surface area contributed by atoms with Gasteiger partial charge in [0.05, 0.1) is 17.7 Å². The van der Waals surface area contributed by atoms with Crippen LogP contribution in [0.2, 0.25) is 0 Å². The number of fused-ring (bicyclic) bond motifs is 1. The maximum Gasteiger partial charge on any atom is 0.261 e. The molecule has 1 aliphatic heterocycles. The number of amides is 2. The summed E-state index contributed by atoms with van der Waals surface area (Å²) < 4.78 is 0. The Hall–Kier alpha value is -1.94. The highest BCUT2D eigenvalue weighted by atomic mass is 16.2. The van der Waals surface area contributed by atoms with Gasteiger partial charge >= 0.3 is 0 Å². The molecule has 1 aromatic carbocycles. The van der Waals surface area contributed by atoms with Gasteiger partial charge in [0.2, 0.25) is 0 Å². The summed E-state index contributed by atoms with van der Waals surface area (Å²) in [6.45, 7) is 4.56. The van der Waals surface area contributed by atoms with Crippen molar-refractivity contribution in [3.63, 3.8) is 0 Å². The van der Waals surface area contributed by atoms with Crippen LogP contribution in [0, 0.1) is 0 Å². The standard InChI is InChI=1S/C14H16N2O2/c1-9(7-15)10(2)8-16-13(17)11-5-3-4-6-12(11)14(16)18/h3-6H,7-8,15H2,1-2H3/b10-9+. The number of hydrogen-bond donors (Lipinski definition) is 1. The Bertz CT molecular complexity index is 511. The van der Waals surface area contributed by atoms with Gasteiger partial charge in [0.1, 0.15) is 0 Å². The quantitative estimate of drug-likeness (QED) is 0.648. The number of carbonyl (C=O) groups is 2. The SMILES string of the molecule is C/C(CN)=C(/C)CN1C(=O)c2ccccc2C1=O. The first kappa shape index (κ1) is 12.5. The second-order valence-electron chi connectivity index (χ2n) is 4.51. The molecule has 1 heterocycles. The van der Waals surface area contributed by atoms with Crippen molar-refractivity contribution in [3.8, 4) is 0 Å². The van der Waals surface area contributed by atoms with E-state index < -0.39 is 0 Å². The molecule has 0 bridgehead atoms. The Morgan fingerprint density at radius 1 is 1.06 bits per heavy atom. The van der Waals surface area contributed by atoms with E-state index in [4.69, 9.17) is 5.73 Å². The molecule has 4 nitrogen and oxygen atoms in total. The van der Waals surface area contributed by atoms with Gasteiger partial charge in [0.25, 0.3) is 11.8 Å². The number of hydrogen-bond acceptors (Lipinski definition) is 3. The molecule has 1 aliphatic rings. The van der Waals surface area contributed by atoms with E-state index in [2.05, 4.69) is 0 Å². The molecule has 0 unspecified atom stereocenters. The van der Waals surface area contributed by atoms with Gasteiger partial charge in [-0.15, -0.1) is 0 Å². The van der Waals surface area contributed by atoms with Crippen molar-refractivity contribution in [2.75, 3.05) is 13.1 Å². The maximum atomic E-state index is 12.1. The first-order valence-electron chi connectivity index (χ1n) is 5.86. The normalized spacial score (nSPS) is 15.8. The first-order chi connectivity index (χ1) is 8.56. The summed E-state index contributed by atoms with van der Waals surface area (Å²) in [6.07, 6.45) is 0. The smallest absolute Gasteiger partial charge is 0.261 e. The van der Waals surface area contributed by atoms with Gasteiger partial charge in [-0.05, 0) is 26.0 Å². The molecule has 94 valence electrons. The lowest BCUT2D eigenvalue weighted by Gasteiger charge is -2.15. The number of carbonyl (C=O) groups excluding carboxylic acids is 2. The molecule has 0 aromatic heterocycles. The van der Waals surface area contributed by atoms with E-state index in [1.54, 1.807) is 24.3 Å². The Balaban J connectivity index is 2.30. The third kappa shape index (κ3) is 1.95. The molecule has 2 amide bonds. The van der Waals surface area contributed by atoms with E-state index in [0.29, 0.717) is 24.2 Å². The third-order valence-corrected chi connectivity index (χ3v) is 3.31. The minimum Gasteiger partial charge on any atom is -0.327 e. The lowest BCUT2D eigenvalue weighted by Crippen LogP contribution is -2.31. The number of nitrogens with two attached hydrogens (primary N) is 1. The Kier molecular flexibility index (Phi) is 3.30. The Morgan fingerprint density at radius 2 is 1.56 bits per heavy atom. The second kappa shape index (κ2) is 4.74.